The molecule has 0 bridgehead atoms. The quantitative estimate of drug-likeness (QED) is 0.648. The summed E-state index contributed by atoms with van der Waals surface area (Å²) in [6.07, 6.45) is 1.90. The van der Waals surface area contributed by atoms with Crippen LogP contribution >= 0.6 is 11.3 Å². The second kappa shape index (κ2) is 9.27. The summed E-state index contributed by atoms with van der Waals surface area (Å²) in [5, 5.41) is 3.04. The first-order valence-corrected chi connectivity index (χ1v) is 11.4. The van der Waals surface area contributed by atoms with E-state index in [0.717, 1.165) is 5.56 Å². The molecular formula is C20H22N2O4S2. The van der Waals surface area contributed by atoms with Gasteiger partial charge in [-0.1, -0.05) is 36.4 Å². The molecule has 0 saturated carbocycles. The molecule has 1 aromatic carbocycles. The molecule has 2 aromatic rings. The number of sulfonamides is 1. The Morgan fingerprint density at radius 1 is 0.964 bits per heavy atom. The summed E-state index contributed by atoms with van der Waals surface area (Å²) < 4.78 is 26.3. The number of hydrogen-bond donors (Lipinski definition) is 0. The Morgan fingerprint density at radius 2 is 1.68 bits per heavy atom. The van der Waals surface area contributed by atoms with Crippen LogP contribution in [0.5, 0.6) is 0 Å². The summed E-state index contributed by atoms with van der Waals surface area (Å²) in [4.78, 5) is 26.6. The molecule has 1 amide bonds. The highest BCUT2D eigenvalue weighted by Gasteiger charge is 2.27. The number of hydrogen-bond acceptors (Lipinski definition) is 5. The van der Waals surface area contributed by atoms with Crippen molar-refractivity contribution in [3.8, 4) is 0 Å². The van der Waals surface area contributed by atoms with Crippen LogP contribution in [0.1, 0.15) is 28.1 Å². The highest BCUT2D eigenvalue weighted by atomic mass is 32.2. The number of carbonyl (C=O) groups is 2. The van der Waals surface area contributed by atoms with Crippen LogP contribution in [0.4, 0.5) is 0 Å². The number of Topliss-reactive ketones (excluding diaryl/α,β-unsaturated/α-hetero) is 1. The number of amides is 1. The van der Waals surface area contributed by atoms with Gasteiger partial charge in [0.25, 0.3) is 0 Å². The van der Waals surface area contributed by atoms with Gasteiger partial charge in [-0.3, -0.25) is 9.59 Å². The van der Waals surface area contributed by atoms with Gasteiger partial charge in [-0.15, -0.1) is 11.3 Å². The lowest BCUT2D eigenvalue weighted by Gasteiger charge is -2.33. The van der Waals surface area contributed by atoms with Gasteiger partial charge in [0.05, 0.1) is 4.88 Å². The third-order valence-corrected chi connectivity index (χ3v) is 7.02. The summed E-state index contributed by atoms with van der Waals surface area (Å²) in [7, 11) is -3.52. The molecule has 6 nitrogen and oxygen atoms in total. The standard InChI is InChI=1S/C20H22N2O4S2/c23-18(19-7-4-15-27-19)8-9-20(24)21-11-13-22(14-12-21)28(25,26)16-10-17-5-2-1-3-6-17/h1-7,10,15-16H,8-9,11-14H2. The van der Waals surface area contributed by atoms with Crippen molar-refractivity contribution >= 4 is 39.1 Å². The van der Waals surface area contributed by atoms with Gasteiger partial charge in [0.15, 0.2) is 5.78 Å². The lowest BCUT2D eigenvalue weighted by molar-refractivity contribution is -0.132. The van der Waals surface area contributed by atoms with Crippen molar-refractivity contribution in [3.05, 3.63) is 63.7 Å². The zero-order valence-corrected chi connectivity index (χ0v) is 17.0. The van der Waals surface area contributed by atoms with E-state index in [9.17, 15) is 18.0 Å². The van der Waals surface area contributed by atoms with Crippen molar-refractivity contribution in [2.45, 2.75) is 12.8 Å². The minimum Gasteiger partial charge on any atom is -0.340 e. The molecule has 2 heterocycles. The molecule has 28 heavy (non-hydrogen) atoms. The first-order chi connectivity index (χ1) is 13.5. The van der Waals surface area contributed by atoms with E-state index in [1.54, 1.807) is 17.0 Å². The molecule has 0 aliphatic carbocycles. The monoisotopic (exact) mass is 418 g/mol. The summed E-state index contributed by atoms with van der Waals surface area (Å²) in [6.45, 7) is 1.19. The second-order valence-corrected chi connectivity index (χ2v) is 9.20. The fourth-order valence-corrected chi connectivity index (χ4v) is 4.81. The Labute approximate surface area is 169 Å². The molecule has 1 aliphatic rings. The van der Waals surface area contributed by atoms with Crippen molar-refractivity contribution < 1.29 is 18.0 Å². The maximum absolute atomic E-state index is 12.5. The first-order valence-electron chi connectivity index (χ1n) is 9.03. The van der Waals surface area contributed by atoms with E-state index < -0.39 is 10.0 Å². The maximum Gasteiger partial charge on any atom is 0.236 e. The number of rotatable bonds is 7. The summed E-state index contributed by atoms with van der Waals surface area (Å²) in [5.41, 5.74) is 0.815. The fourth-order valence-electron chi connectivity index (χ4n) is 2.95. The van der Waals surface area contributed by atoms with Crippen LogP contribution in [-0.2, 0) is 14.8 Å². The third kappa shape index (κ3) is 5.37. The molecule has 8 heteroatoms. The smallest absolute Gasteiger partial charge is 0.236 e. The SMILES string of the molecule is O=C(CCC(=O)N1CCN(S(=O)(=O)C=Cc2ccccc2)CC1)c1cccs1. The number of piperazine rings is 1. The van der Waals surface area contributed by atoms with Crippen LogP contribution in [0, 0.1) is 0 Å². The van der Waals surface area contributed by atoms with E-state index >= 15 is 0 Å². The van der Waals surface area contributed by atoms with Gasteiger partial charge in [-0.05, 0) is 23.1 Å². The van der Waals surface area contributed by atoms with Crippen LogP contribution in [0.3, 0.4) is 0 Å². The van der Waals surface area contributed by atoms with E-state index in [2.05, 4.69) is 0 Å². The number of carbonyl (C=O) groups excluding carboxylic acids is 2. The van der Waals surface area contributed by atoms with Crippen molar-refractivity contribution in [3.63, 3.8) is 0 Å². The molecular weight excluding hydrogens is 396 g/mol. The van der Waals surface area contributed by atoms with Crippen molar-refractivity contribution in [1.82, 2.24) is 9.21 Å². The minimum atomic E-state index is -3.52. The predicted octanol–water partition coefficient (Wildman–Crippen LogP) is 2.86. The van der Waals surface area contributed by atoms with Crippen molar-refractivity contribution in [2.24, 2.45) is 0 Å². The molecule has 0 N–H and O–H groups in total. The third-order valence-electron chi connectivity index (χ3n) is 4.55. The Hall–Kier alpha value is -2.29. The van der Waals surface area contributed by atoms with E-state index in [-0.39, 0.29) is 37.6 Å². The lowest BCUT2D eigenvalue weighted by Crippen LogP contribution is -2.50. The van der Waals surface area contributed by atoms with Crippen LogP contribution in [0.25, 0.3) is 6.08 Å². The van der Waals surface area contributed by atoms with Crippen molar-refractivity contribution in [2.75, 3.05) is 26.2 Å². The Balaban J connectivity index is 1.48. The molecule has 1 aromatic heterocycles. The molecule has 0 spiro atoms. The average molecular weight is 419 g/mol. The normalized spacial score (nSPS) is 15.8. The van der Waals surface area contributed by atoms with Crippen LogP contribution in [0.15, 0.2) is 53.3 Å². The van der Waals surface area contributed by atoms with E-state index in [1.165, 1.54) is 21.1 Å². The molecule has 3 rings (SSSR count). The van der Waals surface area contributed by atoms with Gasteiger partial charge in [-0.2, -0.15) is 4.31 Å². The van der Waals surface area contributed by atoms with Gasteiger partial charge in [-0.25, -0.2) is 8.42 Å². The van der Waals surface area contributed by atoms with Gasteiger partial charge < -0.3 is 4.90 Å². The fraction of sp³-hybridized carbons (Fsp3) is 0.300. The Kier molecular flexibility index (Phi) is 6.77. The number of ketones is 1. The minimum absolute atomic E-state index is 0.0318. The molecule has 0 radical (unpaired) electrons. The summed E-state index contributed by atoms with van der Waals surface area (Å²) in [6, 6.07) is 12.8. The topological polar surface area (TPSA) is 74.8 Å². The highest BCUT2D eigenvalue weighted by Crippen LogP contribution is 2.15. The molecule has 0 unspecified atom stereocenters. The Bertz CT molecular complexity index is 930. The van der Waals surface area contributed by atoms with E-state index in [4.69, 9.17) is 0 Å². The summed E-state index contributed by atoms with van der Waals surface area (Å²) in [5.74, 6) is -0.141. The van der Waals surface area contributed by atoms with Gasteiger partial charge in [0, 0.05) is 44.4 Å². The largest absolute Gasteiger partial charge is 0.340 e. The molecule has 1 aliphatic heterocycles. The number of benzene rings is 1. The molecule has 1 saturated heterocycles. The first kappa shape index (κ1) is 20.4. The highest BCUT2D eigenvalue weighted by molar-refractivity contribution is 7.92. The Morgan fingerprint density at radius 3 is 2.32 bits per heavy atom. The maximum atomic E-state index is 12.5. The van der Waals surface area contributed by atoms with Gasteiger partial charge >= 0.3 is 0 Å². The molecule has 148 valence electrons. The van der Waals surface area contributed by atoms with Gasteiger partial charge in [0.2, 0.25) is 15.9 Å². The number of nitrogens with zero attached hydrogens (tertiary/aromatic N) is 2. The van der Waals surface area contributed by atoms with Crippen LogP contribution in [-0.4, -0.2) is 55.5 Å². The van der Waals surface area contributed by atoms with Gasteiger partial charge in [0.1, 0.15) is 0 Å². The zero-order valence-electron chi connectivity index (χ0n) is 15.4. The van der Waals surface area contributed by atoms with E-state index in [0.29, 0.717) is 18.0 Å². The van der Waals surface area contributed by atoms with Crippen LogP contribution < -0.4 is 0 Å². The predicted molar refractivity (Wildman–Crippen MR) is 110 cm³/mol. The van der Waals surface area contributed by atoms with E-state index in [1.807, 2.05) is 41.8 Å². The molecule has 1 fully saturated rings. The number of thiophene rings is 1. The zero-order chi connectivity index (χ0) is 20.0. The lowest BCUT2D eigenvalue weighted by atomic mass is 10.1. The average Bonchev–Trinajstić information content (AvgIpc) is 3.26. The molecule has 0 atom stereocenters. The summed E-state index contributed by atoms with van der Waals surface area (Å²) >= 11 is 1.37. The van der Waals surface area contributed by atoms with Crippen LogP contribution in [0.2, 0.25) is 0 Å². The van der Waals surface area contributed by atoms with Crippen molar-refractivity contribution in [1.29, 1.82) is 0 Å². The second-order valence-electron chi connectivity index (χ2n) is 6.44.